The number of nitrogens with zero attached hydrogens (tertiary/aromatic N) is 1. The van der Waals surface area contributed by atoms with Crippen molar-refractivity contribution in [3.63, 3.8) is 0 Å². The summed E-state index contributed by atoms with van der Waals surface area (Å²) in [6.45, 7) is 13.0. The van der Waals surface area contributed by atoms with Gasteiger partial charge in [-0.3, -0.25) is 0 Å². The fraction of sp³-hybridized carbons (Fsp3) is 0.875. The lowest BCUT2D eigenvalue weighted by Crippen LogP contribution is -2.41. The summed E-state index contributed by atoms with van der Waals surface area (Å²) in [4.78, 5) is 2.65. The molecule has 2 aliphatic rings. The molecule has 2 atom stereocenters. The van der Waals surface area contributed by atoms with E-state index in [9.17, 15) is 0 Å². The summed E-state index contributed by atoms with van der Waals surface area (Å²) in [5.74, 6) is 1.26. The highest BCUT2D eigenvalue weighted by Crippen LogP contribution is 2.25. The summed E-state index contributed by atoms with van der Waals surface area (Å²) in [5, 5.41) is 7.13. The monoisotopic (exact) mass is 265 g/mol. The molecule has 2 heterocycles. The first-order valence-electron chi connectivity index (χ1n) is 8.07. The van der Waals surface area contributed by atoms with Crippen molar-refractivity contribution in [3.8, 4) is 0 Å². The van der Waals surface area contributed by atoms with Crippen molar-refractivity contribution < 1.29 is 0 Å². The molecule has 3 nitrogen and oxygen atoms in total. The van der Waals surface area contributed by atoms with Gasteiger partial charge in [0.15, 0.2) is 0 Å². The van der Waals surface area contributed by atoms with E-state index in [1.807, 2.05) is 0 Å². The van der Waals surface area contributed by atoms with Crippen LogP contribution < -0.4 is 10.6 Å². The molecule has 2 rings (SSSR count). The molecule has 0 aliphatic carbocycles. The zero-order valence-corrected chi connectivity index (χ0v) is 12.9. The minimum Gasteiger partial charge on any atom is -0.303 e. The normalized spacial score (nSPS) is 26.6. The van der Waals surface area contributed by atoms with Gasteiger partial charge in [-0.25, -0.2) is 0 Å². The third kappa shape index (κ3) is 4.04. The lowest BCUT2D eigenvalue weighted by Gasteiger charge is -2.33. The van der Waals surface area contributed by atoms with Crippen molar-refractivity contribution in [2.45, 2.75) is 46.2 Å². The van der Waals surface area contributed by atoms with Gasteiger partial charge in [0.05, 0.1) is 6.17 Å². The second-order valence-corrected chi connectivity index (χ2v) is 6.23. The number of likely N-dealkylation sites (tertiary alicyclic amines) is 1. The number of allylic oxidation sites excluding steroid dienone is 1. The molecule has 0 saturated carbocycles. The van der Waals surface area contributed by atoms with Gasteiger partial charge in [-0.05, 0) is 38.8 Å². The fourth-order valence-corrected chi connectivity index (χ4v) is 3.70. The van der Waals surface area contributed by atoms with Gasteiger partial charge >= 0.3 is 0 Å². The van der Waals surface area contributed by atoms with E-state index in [-0.39, 0.29) is 0 Å². The Morgan fingerprint density at radius 1 is 1.16 bits per heavy atom. The predicted octanol–water partition coefficient (Wildman–Crippen LogP) is 2.21. The molecule has 0 radical (unpaired) electrons. The van der Waals surface area contributed by atoms with Gasteiger partial charge < -0.3 is 15.5 Å². The molecular formula is C16H31N3. The van der Waals surface area contributed by atoms with Crippen LogP contribution in [0.3, 0.4) is 0 Å². The van der Waals surface area contributed by atoms with Gasteiger partial charge in [0.2, 0.25) is 0 Å². The number of hydrogen-bond acceptors (Lipinski definition) is 3. The Kier molecular flexibility index (Phi) is 5.86. The molecule has 0 amide bonds. The van der Waals surface area contributed by atoms with E-state index in [1.165, 1.54) is 38.9 Å². The zero-order valence-electron chi connectivity index (χ0n) is 12.9. The van der Waals surface area contributed by atoms with Crippen LogP contribution in [0.5, 0.6) is 0 Å². The molecule has 2 unspecified atom stereocenters. The predicted molar refractivity (Wildman–Crippen MR) is 82.2 cm³/mol. The number of hydrogen-bond donors (Lipinski definition) is 2. The number of rotatable bonds is 5. The summed E-state index contributed by atoms with van der Waals surface area (Å²) in [5.41, 5.74) is 1.61. The molecule has 0 aromatic rings. The van der Waals surface area contributed by atoms with Crippen molar-refractivity contribution >= 4 is 0 Å². The average Bonchev–Trinajstić information content (AvgIpc) is 2.94. The summed E-state index contributed by atoms with van der Waals surface area (Å²) >= 11 is 0. The molecule has 2 N–H and O–H groups in total. The van der Waals surface area contributed by atoms with Crippen molar-refractivity contribution in [3.05, 3.63) is 11.6 Å². The first-order chi connectivity index (χ1) is 9.22. The van der Waals surface area contributed by atoms with Crippen molar-refractivity contribution in [2.24, 2.45) is 11.8 Å². The molecule has 2 saturated heterocycles. The van der Waals surface area contributed by atoms with Crippen LogP contribution >= 0.6 is 0 Å². The van der Waals surface area contributed by atoms with Crippen LogP contribution in [0.2, 0.25) is 0 Å². The minimum absolute atomic E-state index is 0.468. The van der Waals surface area contributed by atoms with Gasteiger partial charge in [-0.2, -0.15) is 0 Å². The maximum absolute atomic E-state index is 3.56. The first-order valence-corrected chi connectivity index (χ1v) is 8.07. The van der Waals surface area contributed by atoms with E-state index in [2.05, 4.69) is 42.4 Å². The third-order valence-corrected chi connectivity index (χ3v) is 4.76. The topological polar surface area (TPSA) is 27.3 Å². The van der Waals surface area contributed by atoms with Crippen molar-refractivity contribution in [1.29, 1.82) is 0 Å². The quantitative estimate of drug-likeness (QED) is 0.746. The minimum atomic E-state index is 0.468. The van der Waals surface area contributed by atoms with Crippen molar-refractivity contribution in [1.82, 2.24) is 15.5 Å². The lowest BCUT2D eigenvalue weighted by molar-refractivity contribution is 0.204. The van der Waals surface area contributed by atoms with E-state index < -0.39 is 0 Å². The summed E-state index contributed by atoms with van der Waals surface area (Å²) in [7, 11) is 0. The van der Waals surface area contributed by atoms with Gasteiger partial charge in [0.25, 0.3) is 0 Å². The van der Waals surface area contributed by atoms with Gasteiger partial charge in [-0.15, -0.1) is 0 Å². The van der Waals surface area contributed by atoms with E-state index in [1.54, 1.807) is 5.57 Å². The molecule has 0 aromatic heterocycles. The first kappa shape index (κ1) is 15.0. The molecular weight excluding hydrogens is 234 g/mol. The van der Waals surface area contributed by atoms with Gasteiger partial charge in [-0.1, -0.05) is 31.9 Å². The largest absolute Gasteiger partial charge is 0.303 e. The summed E-state index contributed by atoms with van der Waals surface area (Å²) in [6, 6.07) is 0. The molecule has 0 spiro atoms. The van der Waals surface area contributed by atoms with Gasteiger partial charge in [0, 0.05) is 25.6 Å². The fourth-order valence-electron chi connectivity index (χ4n) is 3.70. The molecule has 3 heteroatoms. The molecule has 110 valence electrons. The molecule has 0 aromatic carbocycles. The molecule has 2 fully saturated rings. The molecule has 19 heavy (non-hydrogen) atoms. The maximum Gasteiger partial charge on any atom is 0.0637 e. The molecule has 0 bridgehead atoms. The van der Waals surface area contributed by atoms with Crippen molar-refractivity contribution in [2.75, 3.05) is 32.7 Å². The maximum atomic E-state index is 3.56. The van der Waals surface area contributed by atoms with Crippen LogP contribution in [0.15, 0.2) is 11.6 Å². The summed E-state index contributed by atoms with van der Waals surface area (Å²) < 4.78 is 0. The third-order valence-electron chi connectivity index (χ3n) is 4.76. The van der Waals surface area contributed by atoms with E-state index in [0.29, 0.717) is 18.0 Å². The Labute approximate surface area is 118 Å². The van der Waals surface area contributed by atoms with Crippen LogP contribution in [0.25, 0.3) is 0 Å². The van der Waals surface area contributed by atoms with E-state index >= 15 is 0 Å². The highest BCUT2D eigenvalue weighted by atomic mass is 15.2. The Morgan fingerprint density at radius 2 is 1.79 bits per heavy atom. The number of piperidine rings is 1. The Balaban J connectivity index is 1.88. The second-order valence-electron chi connectivity index (χ2n) is 6.23. The Morgan fingerprint density at radius 3 is 2.37 bits per heavy atom. The Hall–Kier alpha value is -0.380. The van der Waals surface area contributed by atoms with E-state index in [0.717, 1.165) is 13.1 Å². The number of nitrogens with one attached hydrogen (secondary N) is 2. The van der Waals surface area contributed by atoms with Gasteiger partial charge in [0.1, 0.15) is 0 Å². The smallest absolute Gasteiger partial charge is 0.0637 e. The standard InChI is InChI=1S/C16H31N3/c1-4-15(14(3)16-17-8-9-18-16)13(2)12-19-10-6-5-7-11-19/h4,13-14,16-18H,5-12H2,1-3H3/b15-4+. The van der Waals surface area contributed by atoms with Crippen LogP contribution in [-0.2, 0) is 0 Å². The molecule has 2 aliphatic heterocycles. The average molecular weight is 265 g/mol. The van der Waals surface area contributed by atoms with Crippen LogP contribution in [0.4, 0.5) is 0 Å². The van der Waals surface area contributed by atoms with Crippen LogP contribution in [0, 0.1) is 11.8 Å². The van der Waals surface area contributed by atoms with E-state index in [4.69, 9.17) is 0 Å². The Bertz CT molecular complexity index is 288. The highest BCUT2D eigenvalue weighted by Gasteiger charge is 2.26. The zero-order chi connectivity index (χ0) is 13.7. The van der Waals surface area contributed by atoms with Crippen LogP contribution in [0.1, 0.15) is 40.0 Å². The second kappa shape index (κ2) is 7.41. The lowest BCUT2D eigenvalue weighted by atomic mass is 9.87. The van der Waals surface area contributed by atoms with Crippen LogP contribution in [-0.4, -0.2) is 43.8 Å². The SMILES string of the molecule is C/C=C(\C(C)CN1CCCCC1)C(C)C1NCCN1. The summed E-state index contributed by atoms with van der Waals surface area (Å²) in [6.07, 6.45) is 7.02. The highest BCUT2D eigenvalue weighted by molar-refractivity contribution is 5.12.